The summed E-state index contributed by atoms with van der Waals surface area (Å²) in [7, 11) is -2.17. The summed E-state index contributed by atoms with van der Waals surface area (Å²) < 4.78 is 38.4. The Morgan fingerprint density at radius 2 is 1.76 bits per heavy atom. The number of phenols is 1. The molecule has 2 aromatic rings. The third-order valence-electron chi connectivity index (χ3n) is 6.21. The van der Waals surface area contributed by atoms with Gasteiger partial charge in [0.1, 0.15) is 11.5 Å². The van der Waals surface area contributed by atoms with Crippen LogP contribution in [0.4, 0.5) is 5.69 Å². The summed E-state index contributed by atoms with van der Waals surface area (Å²) in [4.78, 5) is 17.0. The number of aromatic hydroxyl groups is 1. The Bertz CT molecular complexity index is 1370. The summed E-state index contributed by atoms with van der Waals surface area (Å²) in [5.41, 5.74) is -0.181. The van der Waals surface area contributed by atoms with Crippen LogP contribution in [0.2, 0.25) is 0 Å². The minimum atomic E-state index is -4.15. The number of carbonyl (C=O) groups is 1. The summed E-state index contributed by atoms with van der Waals surface area (Å²) in [5, 5.41) is 17.1. The predicted molar refractivity (Wildman–Crippen MR) is 145 cm³/mol. The molecule has 1 fully saturated rings. The van der Waals surface area contributed by atoms with Crippen LogP contribution in [-0.4, -0.2) is 74.1 Å². The Kier molecular flexibility index (Phi) is 7.41. The first-order valence-corrected chi connectivity index (χ1v) is 14.0. The van der Waals surface area contributed by atoms with E-state index in [0.29, 0.717) is 23.3 Å². The van der Waals surface area contributed by atoms with E-state index in [0.717, 1.165) is 18.8 Å². The number of anilines is 1. The monoisotopic (exact) mass is 594 g/mol. The van der Waals surface area contributed by atoms with Gasteiger partial charge in [0.15, 0.2) is 17.4 Å². The zero-order valence-corrected chi connectivity index (χ0v) is 23.8. The molecule has 13 heteroatoms. The van der Waals surface area contributed by atoms with Gasteiger partial charge in [0, 0.05) is 30.7 Å². The SMILES string of the molecule is Cc1ccc([C@H](NC2=NS(=O)(=O)N=C2Nc2ccc(Br)c(C(=O)N3CCN(C)CC3)c2O)C(C)(C)C)o1. The predicted octanol–water partition coefficient (Wildman–Crippen LogP) is 3.29. The first-order valence-electron chi connectivity index (χ1n) is 11.8. The van der Waals surface area contributed by atoms with Crippen molar-refractivity contribution in [2.45, 2.75) is 33.7 Å². The number of furan rings is 1. The number of carbonyl (C=O) groups excluding carboxylic acids is 1. The van der Waals surface area contributed by atoms with Gasteiger partial charge in [0.2, 0.25) is 0 Å². The van der Waals surface area contributed by atoms with E-state index < -0.39 is 16.3 Å². The fourth-order valence-electron chi connectivity index (χ4n) is 4.14. The van der Waals surface area contributed by atoms with Crippen LogP contribution >= 0.6 is 15.9 Å². The molecule has 1 amide bonds. The lowest BCUT2D eigenvalue weighted by molar-refractivity contribution is 0.0660. The van der Waals surface area contributed by atoms with Crippen molar-refractivity contribution in [2.24, 2.45) is 14.2 Å². The van der Waals surface area contributed by atoms with Crippen LogP contribution in [0.3, 0.4) is 0 Å². The second kappa shape index (κ2) is 10.1. The third-order valence-corrected chi connectivity index (χ3v) is 7.70. The molecule has 3 N–H and O–H groups in total. The van der Waals surface area contributed by atoms with Gasteiger partial charge in [-0.15, -0.1) is 8.80 Å². The summed E-state index contributed by atoms with van der Waals surface area (Å²) in [5.74, 6) is 0.560. The van der Waals surface area contributed by atoms with Crippen molar-refractivity contribution in [1.82, 2.24) is 15.1 Å². The third kappa shape index (κ3) is 5.99. The van der Waals surface area contributed by atoms with Crippen molar-refractivity contribution in [3.8, 4) is 5.75 Å². The molecule has 1 aromatic heterocycles. The van der Waals surface area contributed by atoms with Crippen molar-refractivity contribution >= 4 is 49.4 Å². The normalized spacial score (nSPS) is 18.8. The maximum atomic E-state index is 13.2. The number of nitrogens with zero attached hydrogens (tertiary/aromatic N) is 4. The lowest BCUT2D eigenvalue weighted by atomic mass is 9.85. The Labute approximate surface area is 225 Å². The molecule has 0 bridgehead atoms. The van der Waals surface area contributed by atoms with E-state index in [2.05, 4.69) is 40.3 Å². The Balaban J connectivity index is 1.63. The average Bonchev–Trinajstić information content (AvgIpc) is 3.35. The molecule has 4 rings (SSSR count). The summed E-state index contributed by atoms with van der Waals surface area (Å²) in [6.07, 6.45) is 0. The van der Waals surface area contributed by atoms with E-state index in [1.807, 2.05) is 46.9 Å². The van der Waals surface area contributed by atoms with Gasteiger partial charge in [-0.2, -0.15) is 8.42 Å². The van der Waals surface area contributed by atoms with Crippen molar-refractivity contribution in [1.29, 1.82) is 0 Å². The quantitative estimate of drug-likeness (QED) is 0.458. The molecule has 0 unspecified atom stereocenters. The molecule has 0 radical (unpaired) electrons. The summed E-state index contributed by atoms with van der Waals surface area (Å²) in [6.45, 7) is 10.3. The number of likely N-dealkylation sites (N-methyl/N-ethyl adjacent to an activating group) is 1. The second-order valence-corrected chi connectivity index (χ2v) is 12.4. The zero-order valence-electron chi connectivity index (χ0n) is 21.4. The van der Waals surface area contributed by atoms with Gasteiger partial charge in [-0.25, -0.2) is 0 Å². The Hall–Kier alpha value is -2.90. The molecule has 0 aliphatic carbocycles. The van der Waals surface area contributed by atoms with Crippen molar-refractivity contribution < 1.29 is 22.7 Å². The Morgan fingerprint density at radius 3 is 2.35 bits per heavy atom. The van der Waals surface area contributed by atoms with E-state index >= 15 is 0 Å². The number of aryl methyl sites for hydroxylation is 1. The largest absolute Gasteiger partial charge is 0.505 e. The molecule has 11 nitrogen and oxygen atoms in total. The van der Waals surface area contributed by atoms with Crippen LogP contribution in [-0.2, 0) is 10.2 Å². The first kappa shape index (κ1) is 27.1. The van der Waals surface area contributed by atoms with E-state index in [9.17, 15) is 18.3 Å². The topological polar surface area (TPSA) is 140 Å². The van der Waals surface area contributed by atoms with Crippen LogP contribution in [0, 0.1) is 12.3 Å². The van der Waals surface area contributed by atoms with Crippen molar-refractivity contribution in [3.05, 3.63) is 45.8 Å². The maximum Gasteiger partial charge on any atom is 0.367 e. The molecule has 1 aromatic carbocycles. The van der Waals surface area contributed by atoms with Crippen molar-refractivity contribution in [3.63, 3.8) is 0 Å². The number of halogens is 1. The number of nitrogens with one attached hydrogen (secondary N) is 2. The van der Waals surface area contributed by atoms with Crippen LogP contribution in [0.25, 0.3) is 0 Å². The van der Waals surface area contributed by atoms with Crippen LogP contribution in [0.1, 0.15) is 48.7 Å². The molecule has 2 aliphatic rings. The molecule has 37 heavy (non-hydrogen) atoms. The second-order valence-electron chi connectivity index (χ2n) is 10.3. The zero-order chi connectivity index (χ0) is 27.1. The number of amidine groups is 2. The van der Waals surface area contributed by atoms with Gasteiger partial charge in [-0.1, -0.05) is 20.8 Å². The minimum absolute atomic E-state index is 0.0248. The number of amides is 1. The highest BCUT2D eigenvalue weighted by Crippen LogP contribution is 2.36. The highest BCUT2D eigenvalue weighted by atomic mass is 79.9. The van der Waals surface area contributed by atoms with Crippen LogP contribution in [0.5, 0.6) is 5.75 Å². The maximum absolute atomic E-state index is 13.2. The molecular formula is C24H31BrN6O5S. The molecular weight excluding hydrogens is 564 g/mol. The fraction of sp³-hybridized carbons (Fsp3) is 0.458. The first-order chi connectivity index (χ1) is 17.2. The van der Waals surface area contributed by atoms with Gasteiger partial charge in [0.25, 0.3) is 5.91 Å². The summed E-state index contributed by atoms with van der Waals surface area (Å²) >= 11 is 3.37. The number of hydrogen-bond acceptors (Lipinski definition) is 8. The molecule has 2 aliphatic heterocycles. The van der Waals surface area contributed by atoms with Crippen LogP contribution < -0.4 is 10.6 Å². The molecule has 0 spiro atoms. The molecule has 3 heterocycles. The van der Waals surface area contributed by atoms with E-state index in [-0.39, 0.29) is 40.0 Å². The van der Waals surface area contributed by atoms with Crippen LogP contribution in [0.15, 0.2) is 42.0 Å². The van der Waals surface area contributed by atoms with Gasteiger partial charge in [0.05, 0.1) is 17.3 Å². The standard InChI is InChI=1S/C24H31BrN6O5S/c1-14-6-9-17(36-14)20(24(2,3)4)27-22-21(28-37(34,35)29-22)26-16-8-7-15(25)18(19(16)32)23(33)31-12-10-30(5)11-13-31/h6-9,20,32H,10-13H2,1-5H3,(H,26,28)(H,27,29)/t20-/m0/s1. The number of rotatable bonds is 4. The molecule has 1 atom stereocenters. The van der Waals surface area contributed by atoms with Crippen molar-refractivity contribution in [2.75, 3.05) is 38.5 Å². The van der Waals surface area contributed by atoms with Gasteiger partial charge < -0.3 is 30.0 Å². The smallest absolute Gasteiger partial charge is 0.367 e. The fourth-order valence-corrected chi connectivity index (χ4v) is 5.40. The van der Waals surface area contributed by atoms with Gasteiger partial charge >= 0.3 is 10.2 Å². The molecule has 1 saturated heterocycles. The Morgan fingerprint density at radius 1 is 1.11 bits per heavy atom. The minimum Gasteiger partial charge on any atom is -0.505 e. The molecule has 0 saturated carbocycles. The number of benzene rings is 1. The summed E-state index contributed by atoms with van der Waals surface area (Å²) in [6, 6.07) is 6.36. The van der Waals surface area contributed by atoms with E-state index in [1.165, 1.54) is 6.07 Å². The van der Waals surface area contributed by atoms with E-state index in [1.54, 1.807) is 11.0 Å². The number of hydrogen-bond donors (Lipinski definition) is 3. The highest BCUT2D eigenvalue weighted by molar-refractivity contribution is 9.10. The van der Waals surface area contributed by atoms with Gasteiger partial charge in [-0.05, 0) is 59.6 Å². The van der Waals surface area contributed by atoms with E-state index in [4.69, 9.17) is 4.42 Å². The highest BCUT2D eigenvalue weighted by Gasteiger charge is 2.35. The number of piperazine rings is 1. The molecule has 200 valence electrons. The van der Waals surface area contributed by atoms with Gasteiger partial charge in [-0.3, -0.25) is 4.79 Å². The number of phenolic OH excluding ortho intramolecular Hbond substituents is 1. The average molecular weight is 596 g/mol. The lowest BCUT2D eigenvalue weighted by Crippen LogP contribution is -2.47. The lowest BCUT2D eigenvalue weighted by Gasteiger charge is -2.33.